The Kier molecular flexibility index (Phi) is 368. The molecule has 0 saturated carbocycles. The fraction of sp³-hybridized carbons (Fsp3) is 0. The molecule has 0 atom stereocenters. The van der Waals surface area contributed by atoms with Gasteiger partial charge in [0.1, 0.15) is 0 Å². The molecule has 6 heteroatoms. The van der Waals surface area contributed by atoms with Gasteiger partial charge < -0.3 is 10.2 Å². The van der Waals surface area contributed by atoms with E-state index in [1.807, 2.05) is 0 Å². The van der Waals surface area contributed by atoms with Crippen molar-refractivity contribution in [1.82, 2.24) is 0 Å². The SMILES string of the molecule is [Al+3].[Ca+2].[Ca+2].[Cr+3].[F-].[O-2]. The van der Waals surface area contributed by atoms with Gasteiger partial charge in [-0.25, -0.2) is 0 Å². The first kappa shape index (κ1) is 56.4. The molecule has 0 aromatic rings. The van der Waals surface area contributed by atoms with Crippen LogP contribution >= 0.6 is 0 Å². The van der Waals surface area contributed by atoms with Gasteiger partial charge in [-0.15, -0.1) is 0 Å². The third-order valence-corrected chi connectivity index (χ3v) is 0. The van der Waals surface area contributed by atoms with Crippen LogP contribution < -0.4 is 4.70 Å². The van der Waals surface area contributed by atoms with Crippen LogP contribution in [-0.2, 0) is 22.8 Å². The Balaban J connectivity index is 0. The van der Waals surface area contributed by atoms with Crippen molar-refractivity contribution in [1.29, 1.82) is 0 Å². The van der Waals surface area contributed by atoms with Crippen LogP contribution in [0.3, 0.4) is 0 Å². The standard InChI is InChI=1S/Al.2Ca.Cr.FH.O/h;;;;1H;/q+3;2*+2;+3;;-2/p-1. The summed E-state index contributed by atoms with van der Waals surface area (Å²) in [7, 11) is 0. The minimum Gasteiger partial charge on any atom is -2.00 e. The van der Waals surface area contributed by atoms with Crippen molar-refractivity contribution in [3.63, 3.8) is 0 Å². The monoisotopic (exact) mass is 194 g/mol. The zero-order valence-corrected chi connectivity index (χ0v) is 10.0. The molecule has 0 amide bonds. The van der Waals surface area contributed by atoms with Crippen molar-refractivity contribution < 1.29 is 27.5 Å². The van der Waals surface area contributed by atoms with Gasteiger partial charge in [-0.3, -0.25) is 0 Å². The Morgan fingerprint density at radius 2 is 0.833 bits per heavy atom. The molecule has 0 bridgehead atoms. The topological polar surface area (TPSA) is 28.5 Å². The molecule has 0 aliphatic rings. The number of halogens is 1. The van der Waals surface area contributed by atoms with Gasteiger partial charge in [0.2, 0.25) is 0 Å². The van der Waals surface area contributed by atoms with Crippen LogP contribution in [0.4, 0.5) is 0 Å². The summed E-state index contributed by atoms with van der Waals surface area (Å²) in [6, 6.07) is 0. The van der Waals surface area contributed by atoms with Crippen LogP contribution in [0.25, 0.3) is 0 Å². The number of hydrogen-bond acceptors (Lipinski definition) is 0. The minimum absolute atomic E-state index is 0. The van der Waals surface area contributed by atoms with Crippen LogP contribution in [0, 0.1) is 0 Å². The van der Waals surface area contributed by atoms with Crippen LogP contribution in [-0.4, -0.2) is 92.8 Å². The maximum absolute atomic E-state index is 0. The van der Waals surface area contributed by atoms with E-state index < -0.39 is 0 Å². The quantitative estimate of drug-likeness (QED) is 0.349. The van der Waals surface area contributed by atoms with Gasteiger partial charge in [0.25, 0.3) is 0 Å². The molecule has 0 aromatic carbocycles. The average Bonchev–Trinajstić information content (AvgIpc) is 0. The Hall–Kier alpha value is 3.47. The largest absolute Gasteiger partial charge is 3.00 e. The van der Waals surface area contributed by atoms with E-state index in [1.165, 1.54) is 0 Å². The maximum Gasteiger partial charge on any atom is 3.00 e. The van der Waals surface area contributed by atoms with Crippen LogP contribution in [0.15, 0.2) is 0 Å². The van der Waals surface area contributed by atoms with Gasteiger partial charge in [0.15, 0.2) is 0 Å². The summed E-state index contributed by atoms with van der Waals surface area (Å²) >= 11 is 0. The second-order valence-electron chi connectivity index (χ2n) is 0. The fourth-order valence-corrected chi connectivity index (χ4v) is 0. The number of hydrogen-bond donors (Lipinski definition) is 0. The van der Waals surface area contributed by atoms with Gasteiger partial charge in [0.05, 0.1) is 0 Å². The van der Waals surface area contributed by atoms with E-state index in [1.54, 1.807) is 0 Å². The molecule has 0 aliphatic carbocycles. The molecule has 0 spiro atoms. The summed E-state index contributed by atoms with van der Waals surface area (Å²) < 4.78 is 0. The summed E-state index contributed by atoms with van der Waals surface area (Å²) in [6.45, 7) is 0. The van der Waals surface area contributed by atoms with Crippen molar-refractivity contribution in [2.45, 2.75) is 0 Å². The second-order valence-corrected chi connectivity index (χ2v) is 0. The molecule has 0 aromatic heterocycles. The van der Waals surface area contributed by atoms with Gasteiger partial charge in [-0.1, -0.05) is 0 Å². The van der Waals surface area contributed by atoms with E-state index in [0.29, 0.717) is 0 Å². The zero-order chi connectivity index (χ0) is 0. The second kappa shape index (κ2) is 39.2. The molecular weight excluding hydrogens is 194 g/mol. The predicted octanol–water partition coefficient (Wildman–Crippen LogP) is -4.26. The minimum atomic E-state index is 0. The molecule has 0 saturated heterocycles. The molecule has 1 nitrogen and oxygen atoms in total. The summed E-state index contributed by atoms with van der Waals surface area (Å²) in [6.07, 6.45) is 0. The first-order chi connectivity index (χ1) is 0. The predicted molar refractivity (Wildman–Crippen MR) is 17.9 cm³/mol. The van der Waals surface area contributed by atoms with E-state index >= 15 is 0 Å². The molecule has 0 rings (SSSR count). The average molecular weight is 194 g/mol. The van der Waals surface area contributed by atoms with Crippen LogP contribution in [0.5, 0.6) is 0 Å². The fourth-order valence-electron chi connectivity index (χ4n) is 0. The van der Waals surface area contributed by atoms with Crippen LogP contribution in [0.2, 0.25) is 0 Å². The zero-order valence-electron chi connectivity index (χ0n) is 3.19. The normalized spacial score (nSPS) is 0. The third kappa shape index (κ3) is 26.0. The van der Waals surface area contributed by atoms with Crippen molar-refractivity contribution >= 4 is 92.8 Å². The summed E-state index contributed by atoms with van der Waals surface area (Å²) in [4.78, 5) is 0. The van der Waals surface area contributed by atoms with Crippen molar-refractivity contribution in [2.24, 2.45) is 0 Å². The summed E-state index contributed by atoms with van der Waals surface area (Å²) in [5, 5.41) is 0. The summed E-state index contributed by atoms with van der Waals surface area (Å²) in [5.74, 6) is 0. The molecule has 0 unspecified atom stereocenters. The number of rotatable bonds is 0. The van der Waals surface area contributed by atoms with Gasteiger partial charge >= 0.3 is 110 Å². The van der Waals surface area contributed by atoms with E-state index in [9.17, 15) is 0 Å². The van der Waals surface area contributed by atoms with Crippen molar-refractivity contribution in [3.8, 4) is 0 Å². The van der Waals surface area contributed by atoms with E-state index in [-0.39, 0.29) is 120 Å². The molecule has 0 heterocycles. The Morgan fingerprint density at radius 3 is 0.833 bits per heavy atom. The first-order valence-corrected chi connectivity index (χ1v) is 0. The van der Waals surface area contributed by atoms with Gasteiger partial charge in [0, 0.05) is 0 Å². The van der Waals surface area contributed by atoms with Crippen molar-refractivity contribution in [3.05, 3.63) is 0 Å². The smallest absolute Gasteiger partial charge is 2.00 e. The molecular formula is AlCa2CrFO+7. The molecule has 6 heavy (non-hydrogen) atoms. The molecule has 0 aliphatic heterocycles. The van der Waals surface area contributed by atoms with Crippen LogP contribution in [0.1, 0.15) is 0 Å². The van der Waals surface area contributed by atoms with Gasteiger partial charge in [-0.2, -0.15) is 0 Å². The summed E-state index contributed by atoms with van der Waals surface area (Å²) in [5.41, 5.74) is 0. The molecule has 0 fully saturated rings. The molecule has 19 valence electrons. The van der Waals surface area contributed by atoms with Gasteiger partial charge in [-0.05, 0) is 0 Å². The molecule has 1 radical (unpaired) electrons. The Bertz CT molecular complexity index is 13.5. The van der Waals surface area contributed by atoms with E-state index in [4.69, 9.17) is 0 Å². The maximum atomic E-state index is 0. The van der Waals surface area contributed by atoms with Crippen molar-refractivity contribution in [2.75, 3.05) is 0 Å². The Labute approximate surface area is 118 Å². The van der Waals surface area contributed by atoms with E-state index in [2.05, 4.69) is 0 Å². The van der Waals surface area contributed by atoms with E-state index in [0.717, 1.165) is 0 Å². The molecule has 0 N–H and O–H groups in total. The Morgan fingerprint density at radius 1 is 0.833 bits per heavy atom. The first-order valence-electron chi connectivity index (χ1n) is 0. The third-order valence-electron chi connectivity index (χ3n) is 0.